The van der Waals surface area contributed by atoms with E-state index in [1.54, 1.807) is 13.3 Å². The second kappa shape index (κ2) is 5.69. The fourth-order valence-corrected chi connectivity index (χ4v) is 2.66. The predicted octanol–water partition coefficient (Wildman–Crippen LogP) is 0.333. The largest absolute Gasteiger partial charge is 0.375 e. The van der Waals surface area contributed by atoms with Crippen molar-refractivity contribution in [1.82, 2.24) is 19.5 Å². The van der Waals surface area contributed by atoms with E-state index >= 15 is 0 Å². The highest BCUT2D eigenvalue weighted by atomic mass is 16.5. The van der Waals surface area contributed by atoms with Crippen LogP contribution in [0.25, 0.3) is 5.52 Å². The molecule has 0 radical (unpaired) electrons. The van der Waals surface area contributed by atoms with Crippen molar-refractivity contribution in [3.8, 4) is 0 Å². The van der Waals surface area contributed by atoms with Gasteiger partial charge in [-0.15, -0.1) is 0 Å². The summed E-state index contributed by atoms with van der Waals surface area (Å²) >= 11 is 0. The highest BCUT2D eigenvalue weighted by molar-refractivity contribution is 5.78. The van der Waals surface area contributed by atoms with E-state index in [0.717, 1.165) is 30.1 Å². The summed E-state index contributed by atoms with van der Waals surface area (Å²) in [4.78, 5) is 20.3. The van der Waals surface area contributed by atoms with Crippen LogP contribution in [0, 0.1) is 6.92 Å². The Morgan fingerprint density at radius 2 is 2.10 bits per heavy atom. The Hall–Kier alpha value is -2.15. The number of methoxy groups -OCH3 is 1. The van der Waals surface area contributed by atoms with Gasteiger partial charge in [-0.2, -0.15) is 5.10 Å². The molecule has 0 aromatic carbocycles. The van der Waals surface area contributed by atoms with Gasteiger partial charge >= 0.3 is 0 Å². The summed E-state index contributed by atoms with van der Waals surface area (Å²) in [5.41, 5.74) is 1.98. The van der Waals surface area contributed by atoms with Crippen molar-refractivity contribution in [2.24, 2.45) is 0 Å². The van der Waals surface area contributed by atoms with Gasteiger partial charge in [0.15, 0.2) is 5.82 Å². The topological polar surface area (TPSA) is 63.0 Å². The minimum Gasteiger partial charge on any atom is -0.375 e. The summed E-state index contributed by atoms with van der Waals surface area (Å²) in [7, 11) is 1.54. The number of nitrogens with zero attached hydrogens (tertiary/aromatic N) is 5. The maximum absolute atomic E-state index is 11.8. The molecule has 2 aromatic rings. The van der Waals surface area contributed by atoms with Gasteiger partial charge in [0.25, 0.3) is 0 Å². The summed E-state index contributed by atoms with van der Waals surface area (Å²) in [6.07, 6.45) is 3.61. The first kappa shape index (κ1) is 13.8. The van der Waals surface area contributed by atoms with Crippen molar-refractivity contribution in [2.75, 3.05) is 44.8 Å². The number of aryl methyl sites for hydroxylation is 1. The normalized spacial score (nSPS) is 15.7. The third-order valence-corrected chi connectivity index (χ3v) is 3.69. The Morgan fingerprint density at radius 1 is 1.33 bits per heavy atom. The van der Waals surface area contributed by atoms with E-state index < -0.39 is 0 Å². The van der Waals surface area contributed by atoms with Gasteiger partial charge in [0, 0.05) is 45.7 Å². The number of ether oxygens (including phenoxy) is 1. The molecule has 7 nitrogen and oxygen atoms in total. The molecule has 1 amide bonds. The van der Waals surface area contributed by atoms with Crippen LogP contribution in [-0.4, -0.2) is 65.3 Å². The third kappa shape index (κ3) is 2.69. The van der Waals surface area contributed by atoms with Gasteiger partial charge in [0.2, 0.25) is 5.91 Å². The van der Waals surface area contributed by atoms with Crippen molar-refractivity contribution in [3.05, 3.63) is 24.2 Å². The number of anilines is 1. The van der Waals surface area contributed by atoms with Crippen LogP contribution < -0.4 is 4.90 Å². The van der Waals surface area contributed by atoms with Crippen molar-refractivity contribution in [1.29, 1.82) is 0 Å². The van der Waals surface area contributed by atoms with Gasteiger partial charge in [-0.1, -0.05) is 0 Å². The fraction of sp³-hybridized carbons (Fsp3) is 0.500. The number of amides is 1. The molecular weight excluding hydrogens is 270 g/mol. The van der Waals surface area contributed by atoms with Crippen LogP contribution in [0.1, 0.15) is 5.69 Å². The Labute approximate surface area is 123 Å². The van der Waals surface area contributed by atoms with Gasteiger partial charge in [-0.25, -0.2) is 9.50 Å². The van der Waals surface area contributed by atoms with E-state index in [1.807, 2.05) is 28.6 Å². The van der Waals surface area contributed by atoms with E-state index in [9.17, 15) is 4.79 Å². The van der Waals surface area contributed by atoms with Crippen molar-refractivity contribution in [3.63, 3.8) is 0 Å². The third-order valence-electron chi connectivity index (χ3n) is 3.69. The highest BCUT2D eigenvalue weighted by Gasteiger charge is 2.23. The molecule has 7 heteroatoms. The highest BCUT2D eigenvalue weighted by Crippen LogP contribution is 2.20. The predicted molar refractivity (Wildman–Crippen MR) is 78.4 cm³/mol. The summed E-state index contributed by atoms with van der Waals surface area (Å²) in [5.74, 6) is 0.973. The number of aromatic nitrogens is 3. The SMILES string of the molecule is COCC(=O)N1CCN(c2nccn3nc(C)cc23)CC1. The second-order valence-corrected chi connectivity index (χ2v) is 5.17. The van der Waals surface area contributed by atoms with E-state index in [4.69, 9.17) is 4.74 Å². The van der Waals surface area contributed by atoms with Gasteiger partial charge in [0.1, 0.15) is 12.1 Å². The minimum atomic E-state index is 0.0449. The number of piperazine rings is 1. The van der Waals surface area contributed by atoms with Crippen LogP contribution >= 0.6 is 0 Å². The van der Waals surface area contributed by atoms with Crippen LogP contribution in [0.15, 0.2) is 18.5 Å². The van der Waals surface area contributed by atoms with Crippen LogP contribution in [0.2, 0.25) is 0 Å². The molecule has 0 unspecified atom stereocenters. The standard InChI is InChI=1S/C14H19N5O2/c1-11-9-12-14(15-3-4-19(12)16-11)18-7-5-17(6-8-18)13(20)10-21-2/h3-4,9H,5-8,10H2,1-2H3. The average Bonchev–Trinajstić information content (AvgIpc) is 2.87. The maximum atomic E-state index is 11.8. The summed E-state index contributed by atoms with van der Waals surface area (Å²) in [6, 6.07) is 2.03. The lowest BCUT2D eigenvalue weighted by molar-refractivity contribution is -0.135. The van der Waals surface area contributed by atoms with E-state index in [1.165, 1.54) is 0 Å². The van der Waals surface area contributed by atoms with E-state index in [-0.39, 0.29) is 12.5 Å². The monoisotopic (exact) mass is 289 g/mol. The molecule has 0 aliphatic carbocycles. The Kier molecular flexibility index (Phi) is 3.74. The summed E-state index contributed by atoms with van der Waals surface area (Å²) in [6.45, 7) is 5.04. The lowest BCUT2D eigenvalue weighted by atomic mass is 10.3. The first-order valence-corrected chi connectivity index (χ1v) is 7.01. The summed E-state index contributed by atoms with van der Waals surface area (Å²) in [5, 5.41) is 4.41. The first-order chi connectivity index (χ1) is 10.2. The maximum Gasteiger partial charge on any atom is 0.248 e. The molecule has 0 spiro atoms. The molecule has 1 saturated heterocycles. The molecule has 2 aromatic heterocycles. The van der Waals surface area contributed by atoms with Crippen LogP contribution in [0.5, 0.6) is 0 Å². The molecule has 0 bridgehead atoms. The number of carbonyl (C=O) groups excluding carboxylic acids is 1. The smallest absolute Gasteiger partial charge is 0.248 e. The van der Waals surface area contributed by atoms with Crippen LogP contribution in [0.3, 0.4) is 0 Å². The Balaban J connectivity index is 1.75. The number of hydrogen-bond acceptors (Lipinski definition) is 5. The zero-order valence-electron chi connectivity index (χ0n) is 12.3. The van der Waals surface area contributed by atoms with Crippen LogP contribution in [-0.2, 0) is 9.53 Å². The molecule has 0 atom stereocenters. The lowest BCUT2D eigenvalue weighted by Gasteiger charge is -2.35. The van der Waals surface area contributed by atoms with Crippen LogP contribution in [0.4, 0.5) is 5.82 Å². The van der Waals surface area contributed by atoms with Crippen molar-refractivity contribution in [2.45, 2.75) is 6.92 Å². The molecular formula is C14H19N5O2. The van der Waals surface area contributed by atoms with Gasteiger partial charge in [-0.05, 0) is 13.0 Å². The number of carbonyl (C=O) groups is 1. The minimum absolute atomic E-state index is 0.0449. The zero-order chi connectivity index (χ0) is 14.8. The molecule has 1 aliphatic rings. The molecule has 1 aliphatic heterocycles. The second-order valence-electron chi connectivity index (χ2n) is 5.17. The number of rotatable bonds is 3. The molecule has 3 heterocycles. The first-order valence-electron chi connectivity index (χ1n) is 7.01. The Morgan fingerprint density at radius 3 is 2.81 bits per heavy atom. The van der Waals surface area contributed by atoms with E-state index in [2.05, 4.69) is 15.0 Å². The van der Waals surface area contributed by atoms with Gasteiger partial charge in [-0.3, -0.25) is 4.79 Å². The molecule has 0 saturated carbocycles. The zero-order valence-corrected chi connectivity index (χ0v) is 12.3. The average molecular weight is 289 g/mol. The van der Waals surface area contributed by atoms with E-state index in [0.29, 0.717) is 13.1 Å². The lowest BCUT2D eigenvalue weighted by Crippen LogP contribution is -2.50. The molecule has 0 N–H and O–H groups in total. The molecule has 1 fully saturated rings. The fourth-order valence-electron chi connectivity index (χ4n) is 2.66. The number of hydrogen-bond donors (Lipinski definition) is 0. The molecule has 3 rings (SSSR count). The van der Waals surface area contributed by atoms with Gasteiger partial charge in [0.05, 0.1) is 5.69 Å². The quantitative estimate of drug-likeness (QED) is 0.815. The number of fused-ring (bicyclic) bond motifs is 1. The molecule has 112 valence electrons. The molecule has 21 heavy (non-hydrogen) atoms. The summed E-state index contributed by atoms with van der Waals surface area (Å²) < 4.78 is 6.75. The van der Waals surface area contributed by atoms with Crippen molar-refractivity contribution >= 4 is 17.2 Å². The van der Waals surface area contributed by atoms with Crippen molar-refractivity contribution < 1.29 is 9.53 Å². The Bertz CT molecular complexity index is 646. The van der Waals surface area contributed by atoms with Gasteiger partial charge < -0.3 is 14.5 Å².